The topological polar surface area (TPSA) is 46.5 Å². The van der Waals surface area contributed by atoms with Gasteiger partial charge in [0.25, 0.3) is 0 Å². The molecule has 3 nitrogen and oxygen atoms in total. The zero-order valence-electron chi connectivity index (χ0n) is 11.6. The molecule has 4 saturated carbocycles. The normalized spacial score (nSPS) is 53.6. The van der Waals surface area contributed by atoms with Crippen molar-refractivity contribution in [1.82, 2.24) is 0 Å². The number of hydrogen-bond acceptors (Lipinski definition) is 3. The molecule has 19 heavy (non-hydrogen) atoms. The number of esters is 1. The van der Waals surface area contributed by atoms with Crippen LogP contribution >= 0.6 is 0 Å². The molecular formula is C16H24O3. The minimum atomic E-state index is -0.177. The Bertz CT molecular complexity index is 393. The molecule has 4 rings (SSSR count). The smallest absolute Gasteiger partial charge is 0.302 e. The highest BCUT2D eigenvalue weighted by atomic mass is 16.5. The second kappa shape index (κ2) is 4.21. The Hall–Kier alpha value is -0.570. The predicted molar refractivity (Wildman–Crippen MR) is 70.1 cm³/mol. The van der Waals surface area contributed by atoms with Crippen molar-refractivity contribution in [3.05, 3.63) is 0 Å². The van der Waals surface area contributed by atoms with Crippen molar-refractivity contribution in [3.63, 3.8) is 0 Å². The summed E-state index contributed by atoms with van der Waals surface area (Å²) in [6.45, 7) is 2.32. The molecule has 4 fully saturated rings. The molecule has 0 saturated heterocycles. The minimum Gasteiger partial charge on any atom is -0.466 e. The van der Waals surface area contributed by atoms with Crippen LogP contribution in [0.1, 0.15) is 32.6 Å². The van der Waals surface area contributed by atoms with Crippen LogP contribution in [0.2, 0.25) is 0 Å². The maximum atomic E-state index is 11.1. The maximum absolute atomic E-state index is 11.1. The van der Waals surface area contributed by atoms with Gasteiger partial charge in [0, 0.05) is 19.4 Å². The molecule has 0 spiro atoms. The molecule has 8 unspecified atom stereocenters. The molecular weight excluding hydrogens is 240 g/mol. The molecule has 0 aromatic heterocycles. The minimum absolute atomic E-state index is 0.177. The first-order valence-corrected chi connectivity index (χ1v) is 7.95. The average Bonchev–Trinajstić information content (AvgIpc) is 3.11. The van der Waals surface area contributed by atoms with E-state index in [9.17, 15) is 9.90 Å². The van der Waals surface area contributed by atoms with E-state index in [1.165, 1.54) is 32.6 Å². The monoisotopic (exact) mass is 264 g/mol. The third-order valence-electron chi connectivity index (χ3n) is 6.92. The maximum Gasteiger partial charge on any atom is 0.302 e. The molecule has 4 bridgehead atoms. The largest absolute Gasteiger partial charge is 0.466 e. The van der Waals surface area contributed by atoms with E-state index >= 15 is 0 Å². The number of ether oxygens (including phenoxy) is 1. The lowest BCUT2D eigenvalue weighted by molar-refractivity contribution is -0.144. The highest BCUT2D eigenvalue weighted by molar-refractivity contribution is 5.65. The van der Waals surface area contributed by atoms with Crippen LogP contribution in [0, 0.1) is 47.3 Å². The number of aliphatic hydroxyl groups is 1. The molecule has 1 N–H and O–H groups in total. The Kier molecular flexibility index (Phi) is 2.70. The first-order valence-electron chi connectivity index (χ1n) is 7.95. The van der Waals surface area contributed by atoms with Crippen LogP contribution in [0.25, 0.3) is 0 Å². The lowest BCUT2D eigenvalue weighted by atomic mass is 9.64. The number of carbonyl (C=O) groups excluding carboxylic acids is 1. The van der Waals surface area contributed by atoms with E-state index in [0.29, 0.717) is 18.4 Å². The molecule has 0 amide bonds. The van der Waals surface area contributed by atoms with Crippen molar-refractivity contribution in [2.75, 3.05) is 13.2 Å². The zero-order valence-corrected chi connectivity index (χ0v) is 11.6. The third kappa shape index (κ3) is 1.57. The van der Waals surface area contributed by atoms with Gasteiger partial charge in [0.05, 0.1) is 6.61 Å². The van der Waals surface area contributed by atoms with E-state index in [1.807, 2.05) is 0 Å². The molecule has 4 aliphatic rings. The van der Waals surface area contributed by atoms with Gasteiger partial charge in [-0.1, -0.05) is 0 Å². The summed E-state index contributed by atoms with van der Waals surface area (Å²) < 4.78 is 5.29. The molecule has 4 aliphatic carbocycles. The van der Waals surface area contributed by atoms with E-state index in [0.717, 1.165) is 35.5 Å². The van der Waals surface area contributed by atoms with Gasteiger partial charge < -0.3 is 9.84 Å². The van der Waals surface area contributed by atoms with Gasteiger partial charge in [0.2, 0.25) is 0 Å². The third-order valence-corrected chi connectivity index (χ3v) is 6.92. The fourth-order valence-corrected chi connectivity index (χ4v) is 6.57. The van der Waals surface area contributed by atoms with Gasteiger partial charge in [-0.05, 0) is 67.1 Å². The molecule has 106 valence electrons. The van der Waals surface area contributed by atoms with Crippen LogP contribution in [0.4, 0.5) is 0 Å². The Morgan fingerprint density at radius 1 is 1.11 bits per heavy atom. The molecule has 8 atom stereocenters. The molecule has 0 aliphatic heterocycles. The molecule has 3 heteroatoms. The van der Waals surface area contributed by atoms with Gasteiger partial charge >= 0.3 is 5.97 Å². The van der Waals surface area contributed by atoms with Gasteiger partial charge in [-0.25, -0.2) is 0 Å². The molecule has 0 heterocycles. The van der Waals surface area contributed by atoms with E-state index < -0.39 is 0 Å². The summed E-state index contributed by atoms with van der Waals surface area (Å²) in [6, 6.07) is 0. The summed E-state index contributed by atoms with van der Waals surface area (Å²) in [5, 5.41) is 9.77. The van der Waals surface area contributed by atoms with Crippen LogP contribution in [0.5, 0.6) is 0 Å². The summed E-state index contributed by atoms with van der Waals surface area (Å²) >= 11 is 0. The predicted octanol–water partition coefficient (Wildman–Crippen LogP) is 2.09. The number of aliphatic hydroxyl groups excluding tert-OH is 1. The summed E-state index contributed by atoms with van der Waals surface area (Å²) in [5.74, 6) is 5.78. The van der Waals surface area contributed by atoms with Crippen molar-refractivity contribution in [1.29, 1.82) is 0 Å². The molecule has 0 radical (unpaired) electrons. The molecule has 0 aromatic carbocycles. The summed E-state index contributed by atoms with van der Waals surface area (Å²) in [6.07, 6.45) is 5.60. The fourth-order valence-electron chi connectivity index (χ4n) is 6.57. The van der Waals surface area contributed by atoms with Crippen molar-refractivity contribution >= 4 is 5.97 Å². The quantitative estimate of drug-likeness (QED) is 0.627. The number of fused-ring (bicyclic) bond motifs is 9. The van der Waals surface area contributed by atoms with Gasteiger partial charge in [0.15, 0.2) is 0 Å². The van der Waals surface area contributed by atoms with Crippen molar-refractivity contribution in [2.45, 2.75) is 32.6 Å². The molecule has 0 aromatic rings. The lowest BCUT2D eigenvalue weighted by Gasteiger charge is -2.42. The summed E-state index contributed by atoms with van der Waals surface area (Å²) in [5.41, 5.74) is 0. The van der Waals surface area contributed by atoms with E-state index in [-0.39, 0.29) is 12.6 Å². The zero-order chi connectivity index (χ0) is 13.1. The first-order chi connectivity index (χ1) is 9.20. The number of rotatable bonds is 3. The van der Waals surface area contributed by atoms with E-state index in [2.05, 4.69) is 0 Å². The Morgan fingerprint density at radius 2 is 1.74 bits per heavy atom. The average molecular weight is 264 g/mol. The van der Waals surface area contributed by atoms with Crippen LogP contribution in [-0.2, 0) is 9.53 Å². The van der Waals surface area contributed by atoms with Crippen LogP contribution in [0.3, 0.4) is 0 Å². The number of carbonyl (C=O) groups is 1. The summed E-state index contributed by atoms with van der Waals surface area (Å²) in [7, 11) is 0. The Morgan fingerprint density at radius 3 is 2.32 bits per heavy atom. The van der Waals surface area contributed by atoms with Crippen LogP contribution in [0.15, 0.2) is 0 Å². The lowest BCUT2D eigenvalue weighted by Crippen LogP contribution is -2.41. The summed E-state index contributed by atoms with van der Waals surface area (Å²) in [4.78, 5) is 11.1. The fraction of sp³-hybridized carbons (Fsp3) is 0.938. The highest BCUT2D eigenvalue weighted by Gasteiger charge is 2.65. The van der Waals surface area contributed by atoms with Gasteiger partial charge in [-0.2, -0.15) is 0 Å². The van der Waals surface area contributed by atoms with Crippen molar-refractivity contribution in [2.24, 2.45) is 47.3 Å². The van der Waals surface area contributed by atoms with Gasteiger partial charge in [-0.3, -0.25) is 4.79 Å². The van der Waals surface area contributed by atoms with Crippen LogP contribution in [-0.4, -0.2) is 24.3 Å². The van der Waals surface area contributed by atoms with Gasteiger partial charge in [-0.15, -0.1) is 0 Å². The second-order valence-electron chi connectivity index (χ2n) is 7.36. The second-order valence-corrected chi connectivity index (χ2v) is 7.36. The van der Waals surface area contributed by atoms with Gasteiger partial charge in [0.1, 0.15) is 0 Å². The standard InChI is InChI=1S/C16H24O3/c1-8(18)19-7-14-12-5-11(13(14)6-17)15-9-2-3-10(4-9)16(12)15/h9-17H,2-7H2,1H3. The van der Waals surface area contributed by atoms with E-state index in [1.54, 1.807) is 0 Å². The van der Waals surface area contributed by atoms with E-state index in [4.69, 9.17) is 4.74 Å². The van der Waals surface area contributed by atoms with Crippen LogP contribution < -0.4 is 0 Å². The number of hydrogen-bond donors (Lipinski definition) is 1. The highest BCUT2D eigenvalue weighted by Crippen LogP contribution is 2.70. The Labute approximate surface area is 114 Å². The first kappa shape index (κ1) is 12.2. The Balaban J connectivity index is 1.56. The SMILES string of the molecule is CC(=O)OCC1C(CO)C2CC1C1C3CCC(C3)C21. The van der Waals surface area contributed by atoms with Crippen molar-refractivity contribution in [3.8, 4) is 0 Å². The van der Waals surface area contributed by atoms with Crippen molar-refractivity contribution < 1.29 is 14.6 Å².